The molecule has 1 aromatic carbocycles. The van der Waals surface area contributed by atoms with E-state index in [-0.39, 0.29) is 30.5 Å². The number of ether oxygens (including phenoxy) is 1. The Morgan fingerprint density at radius 3 is 2.35 bits per heavy atom. The summed E-state index contributed by atoms with van der Waals surface area (Å²) in [6, 6.07) is 5.31. The fourth-order valence-corrected chi connectivity index (χ4v) is 2.60. The molecule has 8 heteroatoms. The molecule has 0 amide bonds. The van der Waals surface area contributed by atoms with Crippen LogP contribution in [0.1, 0.15) is 18.4 Å². The number of hydrogen-bond donors (Lipinski definition) is 1. The average Bonchev–Trinajstić information content (AvgIpc) is 2.33. The first-order valence-corrected chi connectivity index (χ1v) is 7.09. The first kappa shape index (κ1) is 14.7. The molecule has 1 saturated carbocycles. The third kappa shape index (κ3) is 3.07. The van der Waals surface area contributed by atoms with Gasteiger partial charge in [-0.15, -0.1) is 0 Å². The van der Waals surface area contributed by atoms with Crippen molar-refractivity contribution < 1.29 is 31.1 Å². The summed E-state index contributed by atoms with van der Waals surface area (Å²) >= 11 is 0. The normalized spacial score (nSPS) is 25.6. The van der Waals surface area contributed by atoms with Crippen LogP contribution in [0.3, 0.4) is 0 Å². The van der Waals surface area contributed by atoms with Crippen molar-refractivity contribution in [3.05, 3.63) is 29.8 Å². The number of halogens is 1. The van der Waals surface area contributed by atoms with Crippen LogP contribution in [0.15, 0.2) is 24.3 Å². The number of rotatable bonds is 4. The molecule has 0 aromatic heterocycles. The first-order chi connectivity index (χ1) is 9.23. The van der Waals surface area contributed by atoms with Gasteiger partial charge < -0.3 is 14.0 Å². The van der Waals surface area contributed by atoms with E-state index in [0.717, 1.165) is 0 Å². The van der Waals surface area contributed by atoms with Crippen molar-refractivity contribution in [3.63, 3.8) is 0 Å². The van der Waals surface area contributed by atoms with E-state index in [1.54, 1.807) is 0 Å². The molecule has 110 valence electrons. The van der Waals surface area contributed by atoms with Gasteiger partial charge in [-0.05, 0) is 30.5 Å². The second-order valence-electron chi connectivity index (χ2n) is 4.66. The molecule has 1 fully saturated rings. The van der Waals surface area contributed by atoms with Crippen molar-refractivity contribution >= 4 is 16.5 Å². The molecule has 0 aliphatic heterocycles. The minimum Gasteiger partial charge on any atom is -0.469 e. The Morgan fingerprint density at radius 1 is 1.35 bits per heavy atom. The third-order valence-corrected chi connectivity index (χ3v) is 3.68. The van der Waals surface area contributed by atoms with Gasteiger partial charge >= 0.3 is 16.5 Å². The zero-order valence-corrected chi connectivity index (χ0v) is 11.4. The van der Waals surface area contributed by atoms with Crippen LogP contribution in [0.4, 0.5) is 3.89 Å². The quantitative estimate of drug-likeness (QED) is 0.660. The topological polar surface area (TPSA) is 89.9 Å². The van der Waals surface area contributed by atoms with E-state index in [0.29, 0.717) is 5.56 Å². The predicted octanol–water partition coefficient (Wildman–Crippen LogP) is 1.05. The molecule has 1 aliphatic rings. The largest absolute Gasteiger partial charge is 0.488 e. The monoisotopic (exact) mass is 304 g/mol. The van der Waals surface area contributed by atoms with E-state index < -0.39 is 16.1 Å². The van der Waals surface area contributed by atoms with E-state index in [2.05, 4.69) is 8.92 Å². The minimum absolute atomic E-state index is 0.191. The fraction of sp³-hybridized carbons (Fsp3) is 0.417. The molecule has 0 bridgehead atoms. The van der Waals surface area contributed by atoms with Crippen LogP contribution in [-0.4, -0.2) is 26.6 Å². The van der Waals surface area contributed by atoms with Gasteiger partial charge in [0.15, 0.2) is 0 Å². The molecule has 2 rings (SSSR count). The summed E-state index contributed by atoms with van der Waals surface area (Å²) in [6.45, 7) is 0. The zero-order valence-electron chi connectivity index (χ0n) is 10.6. The SMILES string of the molecule is COC(=O)C1CC(O)(c2ccc(OS(=O)(=O)F)cc2)C1. The van der Waals surface area contributed by atoms with Crippen LogP contribution < -0.4 is 4.18 Å². The molecule has 0 radical (unpaired) electrons. The van der Waals surface area contributed by atoms with Crippen LogP contribution in [0.5, 0.6) is 5.75 Å². The van der Waals surface area contributed by atoms with Gasteiger partial charge in [-0.3, -0.25) is 4.79 Å². The first-order valence-electron chi connectivity index (χ1n) is 5.78. The van der Waals surface area contributed by atoms with Crippen LogP contribution in [0.2, 0.25) is 0 Å². The number of esters is 1. The Balaban J connectivity index is 2.06. The second kappa shape index (κ2) is 5.02. The summed E-state index contributed by atoms with van der Waals surface area (Å²) in [4.78, 5) is 11.3. The highest BCUT2D eigenvalue weighted by Gasteiger charge is 2.47. The van der Waals surface area contributed by atoms with Gasteiger partial charge in [0.2, 0.25) is 0 Å². The predicted molar refractivity (Wildman–Crippen MR) is 65.7 cm³/mol. The van der Waals surface area contributed by atoms with Crippen LogP contribution in [-0.2, 0) is 25.6 Å². The Hall–Kier alpha value is -1.67. The number of benzene rings is 1. The van der Waals surface area contributed by atoms with Crippen LogP contribution >= 0.6 is 0 Å². The summed E-state index contributed by atoms with van der Waals surface area (Å²) in [6.07, 6.45) is 0.447. The number of aliphatic hydroxyl groups is 1. The maximum atomic E-state index is 12.3. The zero-order chi connectivity index (χ0) is 15.0. The fourth-order valence-electron chi connectivity index (χ4n) is 2.26. The molecule has 0 unspecified atom stereocenters. The molecule has 0 spiro atoms. The molecular formula is C12H13FO6S. The maximum Gasteiger partial charge on any atom is 0.488 e. The number of carbonyl (C=O) groups is 1. The number of hydrogen-bond acceptors (Lipinski definition) is 6. The van der Waals surface area contributed by atoms with Gasteiger partial charge in [-0.1, -0.05) is 16.0 Å². The summed E-state index contributed by atoms with van der Waals surface area (Å²) in [5.74, 6) is -0.922. The molecule has 20 heavy (non-hydrogen) atoms. The third-order valence-electron chi connectivity index (χ3n) is 3.29. The van der Waals surface area contributed by atoms with Gasteiger partial charge in [-0.25, -0.2) is 0 Å². The molecule has 1 N–H and O–H groups in total. The molecule has 0 saturated heterocycles. The maximum absolute atomic E-state index is 12.3. The summed E-state index contributed by atoms with van der Waals surface area (Å²) in [5, 5.41) is 10.3. The molecule has 6 nitrogen and oxygen atoms in total. The van der Waals surface area contributed by atoms with Crippen molar-refractivity contribution in [1.82, 2.24) is 0 Å². The average molecular weight is 304 g/mol. The van der Waals surface area contributed by atoms with Crippen molar-refractivity contribution in [3.8, 4) is 5.75 Å². The van der Waals surface area contributed by atoms with Gasteiger partial charge in [-0.2, -0.15) is 8.42 Å². The molecular weight excluding hydrogens is 291 g/mol. The van der Waals surface area contributed by atoms with E-state index in [9.17, 15) is 22.2 Å². The number of methoxy groups -OCH3 is 1. The Bertz CT molecular complexity index is 603. The summed E-state index contributed by atoms with van der Waals surface area (Å²) in [5.41, 5.74) is -0.660. The molecule has 1 aromatic rings. The van der Waals surface area contributed by atoms with Gasteiger partial charge in [0.05, 0.1) is 18.6 Å². The van der Waals surface area contributed by atoms with Gasteiger partial charge in [0.25, 0.3) is 0 Å². The van der Waals surface area contributed by atoms with Crippen molar-refractivity contribution in [2.24, 2.45) is 5.92 Å². The standard InChI is InChI=1S/C12H13FO6S/c1-18-11(14)8-6-12(15,7-8)9-2-4-10(5-3-9)19-20(13,16)17/h2-5,8,15H,6-7H2,1H3. The molecule has 0 atom stereocenters. The van der Waals surface area contributed by atoms with E-state index in [1.807, 2.05) is 0 Å². The lowest BCUT2D eigenvalue weighted by molar-refractivity contribution is -0.163. The second-order valence-corrected chi connectivity index (χ2v) is 5.61. The lowest BCUT2D eigenvalue weighted by Gasteiger charge is -2.42. The highest BCUT2D eigenvalue weighted by atomic mass is 32.3. The highest BCUT2D eigenvalue weighted by Crippen LogP contribution is 2.46. The lowest BCUT2D eigenvalue weighted by atomic mass is 9.67. The van der Waals surface area contributed by atoms with Crippen molar-refractivity contribution in [2.45, 2.75) is 18.4 Å². The minimum atomic E-state index is -5.06. The smallest absolute Gasteiger partial charge is 0.469 e. The molecule has 1 aliphatic carbocycles. The van der Waals surface area contributed by atoms with Crippen molar-refractivity contribution in [2.75, 3.05) is 7.11 Å². The lowest BCUT2D eigenvalue weighted by Crippen LogP contribution is -2.44. The Kier molecular flexibility index (Phi) is 3.70. The van der Waals surface area contributed by atoms with Gasteiger partial charge in [0.1, 0.15) is 5.75 Å². The van der Waals surface area contributed by atoms with Crippen LogP contribution in [0, 0.1) is 5.92 Å². The van der Waals surface area contributed by atoms with E-state index in [1.165, 1.54) is 31.4 Å². The Labute approximate surface area is 115 Å². The van der Waals surface area contributed by atoms with Crippen molar-refractivity contribution in [1.29, 1.82) is 0 Å². The Morgan fingerprint density at radius 2 is 1.90 bits per heavy atom. The van der Waals surface area contributed by atoms with E-state index >= 15 is 0 Å². The van der Waals surface area contributed by atoms with E-state index in [4.69, 9.17) is 0 Å². The van der Waals surface area contributed by atoms with Crippen LogP contribution in [0.25, 0.3) is 0 Å². The number of carbonyl (C=O) groups excluding carboxylic acids is 1. The van der Waals surface area contributed by atoms with Gasteiger partial charge in [0, 0.05) is 0 Å². The summed E-state index contributed by atoms with van der Waals surface area (Å²) in [7, 11) is -3.78. The molecule has 0 heterocycles. The highest BCUT2D eigenvalue weighted by molar-refractivity contribution is 7.81. The summed E-state index contributed by atoms with van der Waals surface area (Å²) < 4.78 is 41.6.